The highest BCUT2D eigenvalue weighted by atomic mass is 16.5. The van der Waals surface area contributed by atoms with E-state index in [2.05, 4.69) is 56.4 Å². The van der Waals surface area contributed by atoms with E-state index in [-0.39, 0.29) is 5.41 Å². The van der Waals surface area contributed by atoms with Crippen LogP contribution in [0.1, 0.15) is 39.2 Å². The summed E-state index contributed by atoms with van der Waals surface area (Å²) in [5.74, 6) is 0.699. The number of hydrogen-bond acceptors (Lipinski definition) is 2. The molecule has 0 bridgehead atoms. The Hall–Kier alpha value is -0.860. The molecule has 108 valence electrons. The van der Waals surface area contributed by atoms with Crippen LogP contribution in [0.5, 0.6) is 0 Å². The van der Waals surface area contributed by atoms with Crippen molar-refractivity contribution in [3.8, 4) is 0 Å². The van der Waals surface area contributed by atoms with E-state index >= 15 is 0 Å². The Kier molecular flexibility index (Phi) is 7.11. The summed E-state index contributed by atoms with van der Waals surface area (Å²) in [5, 5.41) is 3.56. The van der Waals surface area contributed by atoms with Gasteiger partial charge in [0.1, 0.15) is 0 Å². The second-order valence-corrected chi connectivity index (χ2v) is 5.77. The molecule has 1 atom stereocenters. The first kappa shape index (κ1) is 16.2. The van der Waals surface area contributed by atoms with Gasteiger partial charge in [-0.3, -0.25) is 0 Å². The Labute approximate surface area is 118 Å². The molecule has 1 N–H and O–H groups in total. The van der Waals surface area contributed by atoms with Gasteiger partial charge in [-0.15, -0.1) is 0 Å². The number of hydrogen-bond donors (Lipinski definition) is 1. The lowest BCUT2D eigenvalue weighted by Gasteiger charge is -2.35. The van der Waals surface area contributed by atoms with Crippen molar-refractivity contribution in [3.05, 3.63) is 35.9 Å². The fraction of sp³-hybridized carbons (Fsp3) is 0.647. The molecule has 0 saturated heterocycles. The highest BCUT2D eigenvalue weighted by Gasteiger charge is 2.30. The molecule has 0 aromatic heterocycles. The minimum Gasteiger partial charge on any atom is -0.383 e. The maximum atomic E-state index is 5.11. The van der Waals surface area contributed by atoms with E-state index in [9.17, 15) is 0 Å². The molecule has 0 spiro atoms. The van der Waals surface area contributed by atoms with E-state index < -0.39 is 0 Å². The van der Waals surface area contributed by atoms with Crippen molar-refractivity contribution >= 4 is 0 Å². The second-order valence-electron chi connectivity index (χ2n) is 5.77. The van der Waals surface area contributed by atoms with Crippen molar-refractivity contribution in [1.82, 2.24) is 5.32 Å². The molecule has 0 saturated carbocycles. The van der Waals surface area contributed by atoms with Crippen LogP contribution in [0.15, 0.2) is 30.3 Å². The molecular formula is C17H29NO. The number of benzene rings is 1. The average Bonchev–Trinajstić information content (AvgIpc) is 2.43. The molecule has 1 aromatic rings. The zero-order valence-electron chi connectivity index (χ0n) is 12.9. The Morgan fingerprint density at radius 1 is 1.21 bits per heavy atom. The monoisotopic (exact) mass is 263 g/mol. The first-order valence-corrected chi connectivity index (χ1v) is 7.40. The fourth-order valence-corrected chi connectivity index (χ4v) is 2.84. The third-order valence-electron chi connectivity index (χ3n) is 3.81. The molecule has 0 aliphatic rings. The van der Waals surface area contributed by atoms with Crippen molar-refractivity contribution < 1.29 is 4.74 Å². The lowest BCUT2D eigenvalue weighted by Crippen LogP contribution is -2.40. The van der Waals surface area contributed by atoms with Gasteiger partial charge in [-0.25, -0.2) is 0 Å². The van der Waals surface area contributed by atoms with E-state index in [1.807, 2.05) is 0 Å². The third-order valence-corrected chi connectivity index (χ3v) is 3.81. The van der Waals surface area contributed by atoms with Crippen LogP contribution in [-0.4, -0.2) is 26.8 Å². The summed E-state index contributed by atoms with van der Waals surface area (Å²) in [5.41, 5.74) is 1.69. The van der Waals surface area contributed by atoms with E-state index in [1.165, 1.54) is 12.0 Å². The normalized spacial score (nSPS) is 14.6. The van der Waals surface area contributed by atoms with Gasteiger partial charge in [-0.2, -0.15) is 0 Å². The van der Waals surface area contributed by atoms with Crippen LogP contribution >= 0.6 is 0 Å². The van der Waals surface area contributed by atoms with E-state index in [0.29, 0.717) is 5.92 Å². The molecule has 0 aliphatic carbocycles. The van der Waals surface area contributed by atoms with Crippen molar-refractivity contribution in [2.75, 3.05) is 26.8 Å². The molecule has 1 unspecified atom stereocenters. The fourth-order valence-electron chi connectivity index (χ4n) is 2.84. The minimum atomic E-state index is 0.239. The molecular weight excluding hydrogens is 234 g/mol. The lowest BCUT2D eigenvalue weighted by atomic mass is 9.72. The molecule has 0 heterocycles. The lowest BCUT2D eigenvalue weighted by molar-refractivity contribution is 0.194. The molecule has 0 amide bonds. The van der Waals surface area contributed by atoms with Gasteiger partial charge in [0.2, 0.25) is 0 Å². The first-order chi connectivity index (χ1) is 9.14. The molecule has 0 aliphatic heterocycles. The average molecular weight is 263 g/mol. The van der Waals surface area contributed by atoms with Crippen LogP contribution in [-0.2, 0) is 10.2 Å². The topological polar surface area (TPSA) is 21.3 Å². The molecule has 1 aromatic carbocycles. The first-order valence-electron chi connectivity index (χ1n) is 7.40. The Morgan fingerprint density at radius 2 is 1.89 bits per heavy atom. The van der Waals surface area contributed by atoms with Crippen LogP contribution in [0.4, 0.5) is 0 Å². The predicted octanol–water partition coefficient (Wildman–Crippen LogP) is 3.62. The van der Waals surface area contributed by atoms with Gasteiger partial charge in [0.25, 0.3) is 0 Å². The highest BCUT2D eigenvalue weighted by molar-refractivity contribution is 5.26. The van der Waals surface area contributed by atoms with Crippen molar-refractivity contribution in [1.29, 1.82) is 0 Å². The summed E-state index contributed by atoms with van der Waals surface area (Å²) in [6, 6.07) is 10.9. The highest BCUT2D eigenvalue weighted by Crippen LogP contribution is 2.34. The summed E-state index contributed by atoms with van der Waals surface area (Å²) in [6.45, 7) is 9.63. The number of rotatable bonds is 9. The van der Waals surface area contributed by atoms with Crippen molar-refractivity contribution in [3.63, 3.8) is 0 Å². The molecule has 19 heavy (non-hydrogen) atoms. The summed E-state index contributed by atoms with van der Waals surface area (Å²) in [6.07, 6.45) is 2.38. The summed E-state index contributed by atoms with van der Waals surface area (Å²) < 4.78 is 5.11. The van der Waals surface area contributed by atoms with Gasteiger partial charge in [0.05, 0.1) is 6.61 Å². The maximum absolute atomic E-state index is 5.11. The van der Waals surface area contributed by atoms with Gasteiger partial charge in [-0.1, -0.05) is 51.1 Å². The van der Waals surface area contributed by atoms with Crippen LogP contribution in [0.3, 0.4) is 0 Å². The standard InChI is InChI=1S/C17H29NO/c1-5-17(13-15(2)3,14-18-11-12-19-4)16-9-7-6-8-10-16/h6-10,15,18H,5,11-14H2,1-4H3. The maximum Gasteiger partial charge on any atom is 0.0587 e. The smallest absolute Gasteiger partial charge is 0.0587 e. The van der Waals surface area contributed by atoms with E-state index in [4.69, 9.17) is 4.74 Å². The predicted molar refractivity (Wildman–Crippen MR) is 82.6 cm³/mol. The molecule has 2 heteroatoms. The third kappa shape index (κ3) is 4.96. The van der Waals surface area contributed by atoms with Crippen LogP contribution in [0, 0.1) is 5.92 Å². The zero-order chi connectivity index (χ0) is 14.1. The van der Waals surface area contributed by atoms with Crippen LogP contribution in [0.25, 0.3) is 0 Å². The summed E-state index contributed by atoms with van der Waals surface area (Å²) in [7, 11) is 1.75. The molecule has 0 fully saturated rings. The van der Waals surface area contributed by atoms with Gasteiger partial charge in [-0.05, 0) is 24.3 Å². The van der Waals surface area contributed by atoms with Crippen molar-refractivity contribution in [2.45, 2.75) is 39.0 Å². The minimum absolute atomic E-state index is 0.239. The van der Waals surface area contributed by atoms with Gasteiger partial charge < -0.3 is 10.1 Å². The Balaban J connectivity index is 2.82. The van der Waals surface area contributed by atoms with Gasteiger partial charge >= 0.3 is 0 Å². The summed E-state index contributed by atoms with van der Waals surface area (Å²) in [4.78, 5) is 0. The van der Waals surface area contributed by atoms with Gasteiger partial charge in [0, 0.05) is 25.6 Å². The quantitative estimate of drug-likeness (QED) is 0.687. The zero-order valence-corrected chi connectivity index (χ0v) is 12.9. The largest absolute Gasteiger partial charge is 0.383 e. The summed E-state index contributed by atoms with van der Waals surface area (Å²) >= 11 is 0. The molecule has 2 nitrogen and oxygen atoms in total. The number of ether oxygens (including phenoxy) is 1. The van der Waals surface area contributed by atoms with Gasteiger partial charge in [0.15, 0.2) is 0 Å². The van der Waals surface area contributed by atoms with Crippen molar-refractivity contribution in [2.24, 2.45) is 5.92 Å². The molecule has 1 rings (SSSR count). The number of methoxy groups -OCH3 is 1. The van der Waals surface area contributed by atoms with Crippen LogP contribution in [0.2, 0.25) is 0 Å². The van der Waals surface area contributed by atoms with E-state index in [1.54, 1.807) is 7.11 Å². The Bertz CT molecular complexity index is 336. The van der Waals surface area contributed by atoms with Crippen LogP contribution < -0.4 is 5.32 Å². The second kappa shape index (κ2) is 8.34. The number of nitrogens with one attached hydrogen (secondary N) is 1. The Morgan fingerprint density at radius 3 is 2.42 bits per heavy atom. The van der Waals surface area contributed by atoms with E-state index in [0.717, 1.165) is 26.1 Å². The SMILES string of the molecule is CCC(CNCCOC)(CC(C)C)c1ccccc1. The molecule has 0 radical (unpaired) electrons.